The fourth-order valence-electron chi connectivity index (χ4n) is 1.81. The van der Waals surface area contributed by atoms with Gasteiger partial charge in [0.1, 0.15) is 0 Å². The summed E-state index contributed by atoms with van der Waals surface area (Å²) in [5.74, 6) is -3.93. The minimum Gasteiger partial charge on any atom is -0.478 e. The molecule has 0 unspecified atom stereocenters. The van der Waals surface area contributed by atoms with Gasteiger partial charge in [-0.25, -0.2) is 14.4 Å². The molecule has 0 atom stereocenters. The van der Waals surface area contributed by atoms with Crippen LogP contribution in [-0.4, -0.2) is 33.2 Å². The van der Waals surface area contributed by atoms with Crippen molar-refractivity contribution in [3.8, 4) is 0 Å². The lowest BCUT2D eigenvalue weighted by atomic mass is 9.98. The fraction of sp³-hybridized carbons (Fsp3) is 0.214. The quantitative estimate of drug-likeness (QED) is 0.688. The SMILES string of the molecule is CCCC(=Cc1cccc(C(=O)O)c1C(=O)O)C(=O)O. The molecular weight excluding hydrogens is 264 g/mol. The molecule has 0 aliphatic rings. The molecule has 1 rings (SSSR count). The molecule has 0 amide bonds. The van der Waals surface area contributed by atoms with Gasteiger partial charge >= 0.3 is 17.9 Å². The Kier molecular flexibility index (Phi) is 5.02. The number of hydrogen-bond donors (Lipinski definition) is 3. The second-order valence-electron chi connectivity index (χ2n) is 4.10. The minimum atomic E-state index is -1.41. The van der Waals surface area contributed by atoms with Crippen LogP contribution in [-0.2, 0) is 4.79 Å². The molecule has 6 heteroatoms. The van der Waals surface area contributed by atoms with E-state index in [1.165, 1.54) is 24.3 Å². The Morgan fingerprint density at radius 3 is 2.20 bits per heavy atom. The molecule has 0 spiro atoms. The summed E-state index contributed by atoms with van der Waals surface area (Å²) in [5.41, 5.74) is -0.664. The normalized spacial score (nSPS) is 11.2. The van der Waals surface area contributed by atoms with Gasteiger partial charge in [0.25, 0.3) is 0 Å². The third-order valence-electron chi connectivity index (χ3n) is 2.66. The van der Waals surface area contributed by atoms with Crippen LogP contribution in [0.1, 0.15) is 46.0 Å². The molecule has 1 aromatic carbocycles. The number of carbonyl (C=O) groups is 3. The summed E-state index contributed by atoms with van der Waals surface area (Å²) in [6.45, 7) is 1.79. The van der Waals surface area contributed by atoms with E-state index in [1.54, 1.807) is 6.92 Å². The summed E-state index contributed by atoms with van der Waals surface area (Å²) >= 11 is 0. The van der Waals surface area contributed by atoms with Crippen LogP contribution < -0.4 is 0 Å². The molecule has 20 heavy (non-hydrogen) atoms. The summed E-state index contributed by atoms with van der Waals surface area (Å²) in [4.78, 5) is 33.3. The molecule has 1 aromatic rings. The van der Waals surface area contributed by atoms with E-state index in [9.17, 15) is 14.4 Å². The van der Waals surface area contributed by atoms with Gasteiger partial charge in [-0.3, -0.25) is 0 Å². The molecule has 0 bridgehead atoms. The Morgan fingerprint density at radius 2 is 1.75 bits per heavy atom. The summed E-state index contributed by atoms with van der Waals surface area (Å²) < 4.78 is 0. The van der Waals surface area contributed by atoms with Crippen molar-refractivity contribution in [2.24, 2.45) is 0 Å². The molecule has 0 radical (unpaired) electrons. The lowest BCUT2D eigenvalue weighted by Crippen LogP contribution is -2.10. The molecule has 0 saturated heterocycles. The molecule has 106 valence electrons. The Morgan fingerprint density at radius 1 is 1.10 bits per heavy atom. The minimum absolute atomic E-state index is 0.0394. The highest BCUT2D eigenvalue weighted by atomic mass is 16.4. The van der Waals surface area contributed by atoms with Crippen LogP contribution in [0.5, 0.6) is 0 Å². The van der Waals surface area contributed by atoms with Crippen molar-refractivity contribution in [1.29, 1.82) is 0 Å². The summed E-state index contributed by atoms with van der Waals surface area (Å²) in [7, 11) is 0. The number of rotatable bonds is 6. The smallest absolute Gasteiger partial charge is 0.337 e. The summed E-state index contributed by atoms with van der Waals surface area (Å²) in [6, 6.07) is 3.94. The predicted octanol–water partition coefficient (Wildman–Crippen LogP) is 2.35. The van der Waals surface area contributed by atoms with Crippen LogP contribution in [0.25, 0.3) is 6.08 Å². The third kappa shape index (κ3) is 3.44. The van der Waals surface area contributed by atoms with Crippen molar-refractivity contribution in [3.05, 3.63) is 40.5 Å². The summed E-state index contributed by atoms with van der Waals surface area (Å²) in [6.07, 6.45) is 2.06. The number of aromatic carboxylic acids is 2. The second-order valence-corrected chi connectivity index (χ2v) is 4.10. The van der Waals surface area contributed by atoms with Gasteiger partial charge in [-0.2, -0.15) is 0 Å². The highest BCUT2D eigenvalue weighted by Gasteiger charge is 2.19. The molecule has 3 N–H and O–H groups in total. The van der Waals surface area contributed by atoms with Crippen molar-refractivity contribution in [2.75, 3.05) is 0 Å². The third-order valence-corrected chi connectivity index (χ3v) is 2.66. The maximum atomic E-state index is 11.2. The molecule has 0 saturated carbocycles. The highest BCUT2D eigenvalue weighted by molar-refractivity contribution is 6.05. The zero-order valence-electron chi connectivity index (χ0n) is 10.8. The largest absolute Gasteiger partial charge is 0.478 e. The van der Waals surface area contributed by atoms with Crippen LogP contribution in [0.15, 0.2) is 23.8 Å². The monoisotopic (exact) mass is 278 g/mol. The van der Waals surface area contributed by atoms with E-state index in [4.69, 9.17) is 15.3 Å². The fourth-order valence-corrected chi connectivity index (χ4v) is 1.81. The first kappa shape index (κ1) is 15.4. The van der Waals surface area contributed by atoms with Gasteiger partial charge in [0.15, 0.2) is 0 Å². The van der Waals surface area contributed by atoms with E-state index in [0.717, 1.165) is 0 Å². The lowest BCUT2D eigenvalue weighted by molar-refractivity contribution is -0.132. The molecule has 0 aliphatic heterocycles. The number of aliphatic carboxylic acids is 1. The first-order chi connectivity index (χ1) is 9.38. The van der Waals surface area contributed by atoms with Gasteiger partial charge in [-0.05, 0) is 24.1 Å². The standard InChI is InChI=1S/C14H14O6/c1-2-4-9(12(15)16)7-8-5-3-6-10(13(17)18)11(8)14(19)20/h3,5-7H,2,4H2,1H3,(H,15,16)(H,17,18)(H,19,20). The second kappa shape index (κ2) is 6.51. The molecule has 0 heterocycles. The van der Waals surface area contributed by atoms with Crippen molar-refractivity contribution in [3.63, 3.8) is 0 Å². The number of carboxylic acids is 3. The van der Waals surface area contributed by atoms with Crippen molar-refractivity contribution in [2.45, 2.75) is 19.8 Å². The van der Waals surface area contributed by atoms with Crippen LogP contribution in [0.2, 0.25) is 0 Å². The zero-order chi connectivity index (χ0) is 15.3. The maximum Gasteiger partial charge on any atom is 0.337 e. The van der Waals surface area contributed by atoms with Crippen molar-refractivity contribution in [1.82, 2.24) is 0 Å². The van der Waals surface area contributed by atoms with E-state index < -0.39 is 23.5 Å². The van der Waals surface area contributed by atoms with Gasteiger partial charge in [-0.1, -0.05) is 25.5 Å². The van der Waals surface area contributed by atoms with Crippen molar-refractivity contribution < 1.29 is 29.7 Å². The van der Waals surface area contributed by atoms with Crippen LogP contribution in [0, 0.1) is 0 Å². The number of benzene rings is 1. The Balaban J connectivity index is 3.48. The average Bonchev–Trinajstić information content (AvgIpc) is 2.37. The lowest BCUT2D eigenvalue weighted by Gasteiger charge is -2.07. The number of hydrogen-bond acceptors (Lipinski definition) is 3. The van der Waals surface area contributed by atoms with Crippen LogP contribution >= 0.6 is 0 Å². The van der Waals surface area contributed by atoms with Gasteiger partial charge in [0.05, 0.1) is 11.1 Å². The van der Waals surface area contributed by atoms with E-state index in [1.807, 2.05) is 0 Å². The number of carboxylic acid groups (broad SMARTS) is 3. The van der Waals surface area contributed by atoms with Gasteiger partial charge < -0.3 is 15.3 Å². The van der Waals surface area contributed by atoms with E-state index in [2.05, 4.69) is 0 Å². The van der Waals surface area contributed by atoms with Crippen molar-refractivity contribution >= 4 is 24.0 Å². The van der Waals surface area contributed by atoms with Gasteiger partial charge in [0.2, 0.25) is 0 Å². The highest BCUT2D eigenvalue weighted by Crippen LogP contribution is 2.20. The van der Waals surface area contributed by atoms with E-state index >= 15 is 0 Å². The summed E-state index contributed by atoms with van der Waals surface area (Å²) in [5, 5.41) is 27.2. The van der Waals surface area contributed by atoms with Crippen LogP contribution in [0.4, 0.5) is 0 Å². The Hall–Kier alpha value is -2.63. The Bertz CT molecular complexity index is 585. The first-order valence-corrected chi connectivity index (χ1v) is 5.92. The topological polar surface area (TPSA) is 112 Å². The van der Waals surface area contributed by atoms with Crippen LogP contribution in [0.3, 0.4) is 0 Å². The first-order valence-electron chi connectivity index (χ1n) is 5.92. The molecular formula is C14H14O6. The van der Waals surface area contributed by atoms with E-state index in [0.29, 0.717) is 6.42 Å². The maximum absolute atomic E-state index is 11.2. The van der Waals surface area contributed by atoms with E-state index in [-0.39, 0.29) is 23.1 Å². The average molecular weight is 278 g/mol. The molecule has 6 nitrogen and oxygen atoms in total. The molecule has 0 fully saturated rings. The van der Waals surface area contributed by atoms with Gasteiger partial charge in [0, 0.05) is 5.57 Å². The molecule has 0 aromatic heterocycles. The van der Waals surface area contributed by atoms with Gasteiger partial charge in [-0.15, -0.1) is 0 Å². The Labute approximate surface area is 115 Å². The zero-order valence-corrected chi connectivity index (χ0v) is 10.8. The predicted molar refractivity (Wildman–Crippen MR) is 70.9 cm³/mol. The molecule has 0 aliphatic carbocycles.